The summed E-state index contributed by atoms with van der Waals surface area (Å²) in [4.78, 5) is 14.8. The molecular weight excluding hydrogens is 378 g/mol. The van der Waals surface area contributed by atoms with Crippen molar-refractivity contribution in [2.75, 3.05) is 20.1 Å². The molecule has 1 heterocycles. The van der Waals surface area contributed by atoms with E-state index in [4.69, 9.17) is 4.18 Å². The first kappa shape index (κ1) is 22.1. The number of hydrogen-bond donors (Lipinski definition) is 0. The summed E-state index contributed by atoms with van der Waals surface area (Å²) in [5.41, 5.74) is 0.378. The molecule has 4 fully saturated rings. The van der Waals surface area contributed by atoms with Crippen LogP contribution in [0.2, 0.25) is 0 Å². The van der Waals surface area contributed by atoms with Gasteiger partial charge in [0.1, 0.15) is 5.78 Å². The first-order valence-corrected chi connectivity index (χ1v) is 13.1. The van der Waals surface area contributed by atoms with Gasteiger partial charge in [-0.05, 0) is 126 Å². The number of Topliss-reactive ketones (excluding diaryl/α,β-unsaturated/α-hetero) is 1. The highest BCUT2D eigenvalue weighted by Crippen LogP contribution is 2.63. The predicted octanol–water partition coefficient (Wildman–Crippen LogP) is 5.97. The van der Waals surface area contributed by atoms with Crippen molar-refractivity contribution in [1.82, 2.24) is 4.90 Å². The summed E-state index contributed by atoms with van der Waals surface area (Å²) in [7, 11) is 2.23. The van der Waals surface area contributed by atoms with Gasteiger partial charge in [-0.3, -0.25) is 4.79 Å². The highest BCUT2D eigenvalue weighted by Gasteiger charge is 2.57. The third kappa shape index (κ3) is 4.07. The number of rotatable bonds is 4. The Morgan fingerprint density at radius 2 is 1.76 bits per heavy atom. The van der Waals surface area contributed by atoms with Gasteiger partial charge in [-0.15, -0.1) is 0 Å². The van der Waals surface area contributed by atoms with Crippen LogP contribution in [0.1, 0.15) is 85.5 Å². The molecular formula is C25H43NO2S. The average molecular weight is 422 g/mol. The fourth-order valence-corrected chi connectivity index (χ4v) is 8.41. The van der Waals surface area contributed by atoms with Crippen LogP contribution in [0.3, 0.4) is 0 Å². The summed E-state index contributed by atoms with van der Waals surface area (Å²) in [6.45, 7) is 11.5. The molecule has 4 rings (SSSR count). The second kappa shape index (κ2) is 8.47. The molecule has 7 atom stereocenters. The summed E-state index contributed by atoms with van der Waals surface area (Å²) in [6.07, 6.45) is 11.8. The molecule has 0 N–H and O–H groups in total. The standard InChI is InChI=1S/C25H43NO2S/c1-17-22-7-6-19-16-20(28-29-21-10-14-26(5)15-11-21)8-12-25(19,4)23(22)9-13-24(17,3)18(2)27/h17,19-23H,6-16H2,1-5H3. The van der Waals surface area contributed by atoms with Crippen molar-refractivity contribution >= 4 is 17.8 Å². The van der Waals surface area contributed by atoms with Gasteiger partial charge < -0.3 is 9.08 Å². The Kier molecular flexibility index (Phi) is 6.47. The lowest BCUT2D eigenvalue weighted by Crippen LogP contribution is -2.54. The normalized spacial score (nSPS) is 46.7. The van der Waals surface area contributed by atoms with E-state index in [9.17, 15) is 4.79 Å². The number of ketones is 1. The van der Waals surface area contributed by atoms with Gasteiger partial charge in [0.2, 0.25) is 0 Å². The van der Waals surface area contributed by atoms with Crippen LogP contribution in [0.25, 0.3) is 0 Å². The lowest BCUT2D eigenvalue weighted by atomic mass is 9.44. The van der Waals surface area contributed by atoms with Crippen molar-refractivity contribution in [3.05, 3.63) is 0 Å². The lowest BCUT2D eigenvalue weighted by Gasteiger charge is -2.60. The van der Waals surface area contributed by atoms with E-state index in [0.717, 1.165) is 24.2 Å². The van der Waals surface area contributed by atoms with Crippen LogP contribution < -0.4 is 0 Å². The van der Waals surface area contributed by atoms with E-state index in [0.29, 0.717) is 28.5 Å². The van der Waals surface area contributed by atoms with Crippen LogP contribution in [0.15, 0.2) is 0 Å². The van der Waals surface area contributed by atoms with E-state index >= 15 is 0 Å². The van der Waals surface area contributed by atoms with Gasteiger partial charge in [-0.2, -0.15) is 0 Å². The Morgan fingerprint density at radius 1 is 1.03 bits per heavy atom. The largest absolute Gasteiger partial charge is 0.312 e. The molecule has 4 heteroatoms. The van der Waals surface area contributed by atoms with E-state index < -0.39 is 0 Å². The van der Waals surface area contributed by atoms with Crippen LogP contribution in [-0.4, -0.2) is 42.2 Å². The molecule has 4 aliphatic rings. The summed E-state index contributed by atoms with van der Waals surface area (Å²) in [6, 6.07) is 0. The van der Waals surface area contributed by atoms with Gasteiger partial charge in [0.25, 0.3) is 0 Å². The molecule has 3 aliphatic carbocycles. The SMILES string of the molecule is CC(=O)C1(C)CCC2C(CCC3CC(OSC4CCN(C)CC4)CCC32C)C1C. The monoisotopic (exact) mass is 421 g/mol. The van der Waals surface area contributed by atoms with E-state index in [1.807, 2.05) is 6.92 Å². The van der Waals surface area contributed by atoms with E-state index in [-0.39, 0.29) is 5.41 Å². The van der Waals surface area contributed by atoms with Gasteiger partial charge in [0, 0.05) is 10.7 Å². The molecule has 0 bridgehead atoms. The molecule has 0 radical (unpaired) electrons. The highest BCUT2D eigenvalue weighted by molar-refractivity contribution is 7.95. The third-order valence-electron chi connectivity index (χ3n) is 10.1. The summed E-state index contributed by atoms with van der Waals surface area (Å²) >= 11 is 1.81. The fourth-order valence-electron chi connectivity index (χ4n) is 7.52. The molecule has 7 unspecified atom stereocenters. The first-order chi connectivity index (χ1) is 13.7. The number of likely N-dealkylation sites (tertiary alicyclic amines) is 1. The van der Waals surface area contributed by atoms with Crippen LogP contribution in [0, 0.1) is 34.5 Å². The van der Waals surface area contributed by atoms with Crippen molar-refractivity contribution < 1.29 is 8.98 Å². The number of nitrogens with zero attached hydrogens (tertiary/aromatic N) is 1. The summed E-state index contributed by atoms with van der Waals surface area (Å²) in [5, 5.41) is 0.693. The van der Waals surface area contributed by atoms with Crippen molar-refractivity contribution in [3.63, 3.8) is 0 Å². The minimum Gasteiger partial charge on any atom is -0.312 e. The Morgan fingerprint density at radius 3 is 2.45 bits per heavy atom. The van der Waals surface area contributed by atoms with Crippen LogP contribution in [-0.2, 0) is 8.98 Å². The molecule has 0 aromatic carbocycles. The molecule has 1 aliphatic heterocycles. The van der Waals surface area contributed by atoms with Gasteiger partial charge in [-0.1, -0.05) is 20.8 Å². The zero-order valence-electron chi connectivity index (χ0n) is 19.4. The molecule has 0 aromatic heterocycles. The van der Waals surface area contributed by atoms with Crippen LogP contribution in [0.4, 0.5) is 0 Å². The molecule has 1 saturated heterocycles. The summed E-state index contributed by atoms with van der Waals surface area (Å²) in [5.74, 6) is 3.31. The predicted molar refractivity (Wildman–Crippen MR) is 122 cm³/mol. The Bertz CT molecular complexity index is 604. The van der Waals surface area contributed by atoms with Gasteiger partial charge in [0.15, 0.2) is 0 Å². The van der Waals surface area contributed by atoms with Crippen molar-refractivity contribution in [3.8, 4) is 0 Å². The van der Waals surface area contributed by atoms with E-state index in [1.165, 1.54) is 64.5 Å². The maximum atomic E-state index is 12.4. The van der Waals surface area contributed by atoms with Gasteiger partial charge >= 0.3 is 0 Å². The average Bonchev–Trinajstić information content (AvgIpc) is 2.70. The molecule has 0 amide bonds. The lowest BCUT2D eigenvalue weighted by molar-refractivity contribution is -0.147. The molecule has 0 spiro atoms. The molecule has 166 valence electrons. The minimum absolute atomic E-state index is 0.0879. The maximum Gasteiger partial charge on any atom is 0.135 e. The number of hydrogen-bond acceptors (Lipinski definition) is 4. The van der Waals surface area contributed by atoms with Crippen molar-refractivity contribution in [2.24, 2.45) is 34.5 Å². The molecule has 3 nitrogen and oxygen atoms in total. The molecule has 29 heavy (non-hydrogen) atoms. The number of carbonyl (C=O) groups excluding carboxylic acids is 1. The zero-order chi connectivity index (χ0) is 20.8. The smallest absolute Gasteiger partial charge is 0.135 e. The first-order valence-electron chi connectivity index (χ1n) is 12.3. The minimum atomic E-state index is -0.0879. The van der Waals surface area contributed by atoms with E-state index in [1.54, 1.807) is 12.0 Å². The summed E-state index contributed by atoms with van der Waals surface area (Å²) < 4.78 is 6.43. The van der Waals surface area contributed by atoms with Crippen molar-refractivity contribution in [2.45, 2.75) is 96.8 Å². The maximum absolute atomic E-state index is 12.4. The molecule has 3 saturated carbocycles. The van der Waals surface area contributed by atoms with Gasteiger partial charge in [0.05, 0.1) is 6.10 Å². The Labute approximate surface area is 183 Å². The second-order valence-electron chi connectivity index (χ2n) is 11.4. The fraction of sp³-hybridized carbons (Fsp3) is 0.960. The topological polar surface area (TPSA) is 29.5 Å². The number of carbonyl (C=O) groups is 1. The Balaban J connectivity index is 1.35. The van der Waals surface area contributed by atoms with E-state index in [2.05, 4.69) is 32.7 Å². The number of fused-ring (bicyclic) bond motifs is 3. The zero-order valence-corrected chi connectivity index (χ0v) is 20.2. The highest BCUT2D eigenvalue weighted by atomic mass is 32.2. The number of piperidine rings is 1. The second-order valence-corrected chi connectivity index (χ2v) is 12.5. The Hall–Kier alpha value is -0.0600. The third-order valence-corrected chi connectivity index (χ3v) is 11.2. The van der Waals surface area contributed by atoms with Crippen LogP contribution in [0.5, 0.6) is 0 Å². The van der Waals surface area contributed by atoms with Crippen molar-refractivity contribution in [1.29, 1.82) is 0 Å². The quantitative estimate of drug-likeness (QED) is 0.523. The molecule has 0 aromatic rings. The van der Waals surface area contributed by atoms with Crippen LogP contribution >= 0.6 is 12.0 Å². The van der Waals surface area contributed by atoms with Gasteiger partial charge in [-0.25, -0.2) is 0 Å².